The maximum atomic E-state index is 12.0. The maximum absolute atomic E-state index is 12.0. The molecule has 2 saturated heterocycles. The average molecular weight is 265 g/mol. The van der Waals surface area contributed by atoms with Crippen LogP contribution in [0.2, 0.25) is 0 Å². The molecule has 3 heterocycles. The van der Waals surface area contributed by atoms with E-state index in [1.165, 1.54) is 0 Å². The monoisotopic (exact) mass is 265 g/mol. The minimum atomic E-state index is -0.708. The molecule has 2 atom stereocenters. The zero-order chi connectivity index (χ0) is 12.8. The second kappa shape index (κ2) is 4.42. The Morgan fingerprint density at radius 2 is 2.06 bits per heavy atom. The lowest BCUT2D eigenvalue weighted by Gasteiger charge is -2.35. The molecule has 2 aliphatic rings. The van der Waals surface area contributed by atoms with Gasteiger partial charge in [0.2, 0.25) is 0 Å². The quantitative estimate of drug-likeness (QED) is 0.886. The zero-order valence-corrected chi connectivity index (χ0v) is 11.4. The SMILES string of the molecule is Cc1cccc(CC2(O)CC3CCC(C2)S3=O)n1. The summed E-state index contributed by atoms with van der Waals surface area (Å²) < 4.78 is 12.0. The molecule has 2 aliphatic heterocycles. The van der Waals surface area contributed by atoms with E-state index in [-0.39, 0.29) is 10.5 Å². The van der Waals surface area contributed by atoms with E-state index >= 15 is 0 Å². The normalized spacial score (nSPS) is 38.9. The van der Waals surface area contributed by atoms with Crippen LogP contribution in [-0.4, -0.2) is 30.4 Å². The van der Waals surface area contributed by atoms with Crippen molar-refractivity contribution in [3.8, 4) is 0 Å². The van der Waals surface area contributed by atoms with Crippen LogP contribution in [0.25, 0.3) is 0 Å². The largest absolute Gasteiger partial charge is 0.389 e. The Balaban J connectivity index is 1.78. The van der Waals surface area contributed by atoms with Gasteiger partial charge >= 0.3 is 0 Å². The lowest BCUT2D eigenvalue weighted by molar-refractivity contribution is 0.0221. The van der Waals surface area contributed by atoms with E-state index < -0.39 is 16.4 Å². The second-order valence-electron chi connectivity index (χ2n) is 5.73. The number of pyridine rings is 1. The van der Waals surface area contributed by atoms with Gasteiger partial charge < -0.3 is 5.11 Å². The fourth-order valence-electron chi connectivity index (χ4n) is 3.35. The molecule has 0 aliphatic carbocycles. The van der Waals surface area contributed by atoms with Crippen LogP contribution in [0.4, 0.5) is 0 Å². The van der Waals surface area contributed by atoms with Crippen molar-refractivity contribution < 1.29 is 9.32 Å². The van der Waals surface area contributed by atoms with Crippen LogP contribution in [0.15, 0.2) is 18.2 Å². The summed E-state index contributed by atoms with van der Waals surface area (Å²) in [6.07, 6.45) is 3.97. The third kappa shape index (κ3) is 2.24. The van der Waals surface area contributed by atoms with E-state index in [0.29, 0.717) is 19.3 Å². The van der Waals surface area contributed by atoms with Gasteiger partial charge in [0.25, 0.3) is 0 Å². The average Bonchev–Trinajstić information content (AvgIpc) is 2.54. The van der Waals surface area contributed by atoms with Gasteiger partial charge in [-0.1, -0.05) is 6.07 Å². The van der Waals surface area contributed by atoms with Gasteiger partial charge in [-0.15, -0.1) is 0 Å². The first-order valence-corrected chi connectivity index (χ1v) is 7.88. The molecule has 1 aromatic heterocycles. The van der Waals surface area contributed by atoms with E-state index in [9.17, 15) is 9.32 Å². The molecule has 1 N–H and O–H groups in total. The summed E-state index contributed by atoms with van der Waals surface area (Å²) in [7, 11) is -0.708. The Kier molecular flexibility index (Phi) is 3.02. The molecule has 0 spiro atoms. The summed E-state index contributed by atoms with van der Waals surface area (Å²) >= 11 is 0. The number of nitrogens with zero attached hydrogens (tertiary/aromatic N) is 1. The third-order valence-electron chi connectivity index (χ3n) is 4.14. The maximum Gasteiger partial charge on any atom is 0.0725 e. The third-order valence-corrected chi connectivity index (χ3v) is 6.26. The number of rotatable bonds is 2. The van der Waals surface area contributed by atoms with Gasteiger partial charge in [-0.3, -0.25) is 9.19 Å². The van der Waals surface area contributed by atoms with Crippen molar-refractivity contribution in [3.05, 3.63) is 29.6 Å². The van der Waals surface area contributed by atoms with Crippen LogP contribution >= 0.6 is 0 Å². The predicted molar refractivity (Wildman–Crippen MR) is 71.8 cm³/mol. The topological polar surface area (TPSA) is 50.2 Å². The molecule has 3 rings (SSSR count). The first-order valence-electron chi connectivity index (χ1n) is 6.60. The smallest absolute Gasteiger partial charge is 0.0725 e. The van der Waals surface area contributed by atoms with Gasteiger partial charge in [-0.25, -0.2) is 0 Å². The summed E-state index contributed by atoms with van der Waals surface area (Å²) in [4.78, 5) is 4.47. The molecule has 0 aromatic carbocycles. The molecule has 4 heteroatoms. The Hall–Kier alpha value is -0.740. The zero-order valence-electron chi connectivity index (χ0n) is 10.6. The number of aromatic nitrogens is 1. The van der Waals surface area contributed by atoms with Crippen molar-refractivity contribution in [1.29, 1.82) is 0 Å². The van der Waals surface area contributed by atoms with Crippen LogP contribution in [0.5, 0.6) is 0 Å². The molecule has 2 unspecified atom stereocenters. The highest BCUT2D eigenvalue weighted by atomic mass is 32.2. The molecule has 0 amide bonds. The summed E-state index contributed by atoms with van der Waals surface area (Å²) in [5, 5.41) is 11.2. The Morgan fingerprint density at radius 1 is 1.39 bits per heavy atom. The second-order valence-corrected chi connectivity index (χ2v) is 7.72. The van der Waals surface area contributed by atoms with E-state index in [0.717, 1.165) is 24.2 Å². The Labute approximate surface area is 110 Å². The lowest BCUT2D eigenvalue weighted by Crippen LogP contribution is -2.44. The molecule has 0 saturated carbocycles. The number of aryl methyl sites for hydroxylation is 1. The van der Waals surface area contributed by atoms with E-state index in [2.05, 4.69) is 4.98 Å². The van der Waals surface area contributed by atoms with Gasteiger partial charge in [0.1, 0.15) is 0 Å². The van der Waals surface area contributed by atoms with Crippen LogP contribution < -0.4 is 0 Å². The highest BCUT2D eigenvalue weighted by Gasteiger charge is 2.47. The van der Waals surface area contributed by atoms with Gasteiger partial charge in [-0.2, -0.15) is 0 Å². The van der Waals surface area contributed by atoms with E-state index in [1.54, 1.807) is 0 Å². The number of aliphatic hydroxyl groups is 1. The first kappa shape index (κ1) is 12.3. The molecule has 98 valence electrons. The van der Waals surface area contributed by atoms with Crippen molar-refractivity contribution in [2.45, 2.75) is 55.1 Å². The first-order chi connectivity index (χ1) is 8.56. The minimum absolute atomic E-state index is 0.207. The molecular formula is C14H19NO2S. The molecule has 18 heavy (non-hydrogen) atoms. The van der Waals surface area contributed by atoms with E-state index in [1.807, 2.05) is 25.1 Å². The summed E-state index contributed by atoms with van der Waals surface area (Å²) in [5.74, 6) is 0. The predicted octanol–water partition coefficient (Wildman–Crippen LogP) is 1.74. The lowest BCUT2D eigenvalue weighted by atomic mass is 9.88. The number of fused-ring (bicyclic) bond motifs is 2. The molecule has 2 fully saturated rings. The standard InChI is InChI=1S/C14H19NO2S/c1-10-3-2-4-11(15-10)7-14(16)8-12-5-6-13(9-14)18(12)17/h2-4,12-13,16H,5-9H2,1H3. The van der Waals surface area contributed by atoms with Crippen molar-refractivity contribution in [2.75, 3.05) is 0 Å². The van der Waals surface area contributed by atoms with Gasteiger partial charge in [0.05, 0.1) is 5.60 Å². The van der Waals surface area contributed by atoms with Crippen molar-refractivity contribution in [3.63, 3.8) is 0 Å². The Morgan fingerprint density at radius 3 is 2.67 bits per heavy atom. The van der Waals surface area contributed by atoms with Gasteiger partial charge in [-0.05, 0) is 44.7 Å². The molecule has 2 bridgehead atoms. The van der Waals surface area contributed by atoms with Gasteiger partial charge in [0, 0.05) is 39.1 Å². The van der Waals surface area contributed by atoms with Crippen molar-refractivity contribution in [2.24, 2.45) is 0 Å². The highest BCUT2D eigenvalue weighted by molar-refractivity contribution is 7.86. The van der Waals surface area contributed by atoms with Crippen molar-refractivity contribution >= 4 is 10.8 Å². The summed E-state index contributed by atoms with van der Waals surface area (Å²) in [6, 6.07) is 5.92. The number of hydrogen-bond donors (Lipinski definition) is 1. The van der Waals surface area contributed by atoms with Gasteiger partial charge in [0.15, 0.2) is 0 Å². The summed E-state index contributed by atoms with van der Waals surface area (Å²) in [5.41, 5.74) is 1.24. The molecule has 3 nitrogen and oxygen atoms in total. The van der Waals surface area contributed by atoms with Crippen LogP contribution in [0.1, 0.15) is 37.1 Å². The minimum Gasteiger partial charge on any atom is -0.389 e. The fourth-order valence-corrected chi connectivity index (χ4v) is 5.59. The van der Waals surface area contributed by atoms with Crippen LogP contribution in [0.3, 0.4) is 0 Å². The molecule has 1 aromatic rings. The molecule has 0 radical (unpaired) electrons. The van der Waals surface area contributed by atoms with Crippen molar-refractivity contribution in [1.82, 2.24) is 4.98 Å². The van der Waals surface area contributed by atoms with Crippen LogP contribution in [0, 0.1) is 6.92 Å². The molecular weight excluding hydrogens is 246 g/mol. The Bertz CT molecular complexity index is 472. The fraction of sp³-hybridized carbons (Fsp3) is 0.643. The van der Waals surface area contributed by atoms with E-state index in [4.69, 9.17) is 0 Å². The summed E-state index contributed by atoms with van der Waals surface area (Å²) in [6.45, 7) is 1.97. The number of hydrogen-bond acceptors (Lipinski definition) is 3. The van der Waals surface area contributed by atoms with Crippen LogP contribution in [-0.2, 0) is 17.2 Å². The highest BCUT2D eigenvalue weighted by Crippen LogP contribution is 2.42.